The van der Waals surface area contributed by atoms with Gasteiger partial charge in [-0.2, -0.15) is 15.0 Å². The summed E-state index contributed by atoms with van der Waals surface area (Å²) in [5, 5.41) is 12.3. The number of nitrogens with zero attached hydrogens (tertiary/aromatic N) is 5. The van der Waals surface area contributed by atoms with Crippen LogP contribution in [0.3, 0.4) is 0 Å². The molecule has 12 heteroatoms. The summed E-state index contributed by atoms with van der Waals surface area (Å²) in [5.41, 5.74) is 9.58. The van der Waals surface area contributed by atoms with E-state index < -0.39 is 0 Å². The van der Waals surface area contributed by atoms with E-state index in [9.17, 15) is 0 Å². The molecule has 160 valence electrons. The van der Waals surface area contributed by atoms with Gasteiger partial charge in [0.05, 0.1) is 0 Å². The summed E-state index contributed by atoms with van der Waals surface area (Å²) in [5.74, 6) is 6.49. The van der Waals surface area contributed by atoms with Gasteiger partial charge in [0.2, 0.25) is 11.9 Å². The largest absolute Gasteiger partial charge is 0.382 e. The normalized spacial score (nSPS) is 12.2. The molecule has 0 saturated carbocycles. The van der Waals surface area contributed by atoms with Gasteiger partial charge in [-0.3, -0.25) is 5.43 Å². The minimum Gasteiger partial charge on any atom is -0.382 e. The van der Waals surface area contributed by atoms with Gasteiger partial charge in [-0.05, 0) is 48.7 Å². The van der Waals surface area contributed by atoms with Gasteiger partial charge in [-0.1, -0.05) is 41.6 Å². The van der Waals surface area contributed by atoms with Crippen molar-refractivity contribution >= 4 is 52.5 Å². The number of hydrogen-bond acceptors (Lipinski definition) is 11. The van der Waals surface area contributed by atoms with Crippen LogP contribution in [0.4, 0.5) is 23.3 Å². The van der Waals surface area contributed by atoms with E-state index >= 15 is 0 Å². The van der Waals surface area contributed by atoms with Gasteiger partial charge in [0.1, 0.15) is 5.84 Å². The number of rotatable bonds is 5. The summed E-state index contributed by atoms with van der Waals surface area (Å²) >= 11 is 7.35. The number of anilines is 4. The molecule has 0 radical (unpaired) electrons. The third-order valence-electron chi connectivity index (χ3n) is 3.61. The Kier molecular flexibility index (Phi) is 7.87. The van der Waals surface area contributed by atoms with Crippen molar-refractivity contribution in [2.75, 3.05) is 16.9 Å². The van der Waals surface area contributed by atoms with Crippen LogP contribution in [0.25, 0.3) is 0 Å². The number of nitrogens with one attached hydrogen (secondary N) is 3. The predicted octanol–water partition coefficient (Wildman–Crippen LogP) is 3.20. The second-order valence-electron chi connectivity index (χ2n) is 5.92. The monoisotopic (exact) mass is 456 g/mol. The molecule has 0 aliphatic carbocycles. The number of aromatic nitrogens is 3. The highest BCUT2D eigenvalue weighted by atomic mass is 35.5. The smallest absolute Gasteiger partial charge is 0.233 e. The van der Waals surface area contributed by atoms with E-state index in [4.69, 9.17) is 23.2 Å². The maximum atomic E-state index is 5.90. The quantitative estimate of drug-likeness (QED) is 0.287. The first-order chi connectivity index (χ1) is 15.0. The van der Waals surface area contributed by atoms with Crippen molar-refractivity contribution in [3.8, 4) is 0 Å². The second kappa shape index (κ2) is 11.0. The minimum absolute atomic E-state index is 0.395. The SMILES string of the molecule is CSc1nc(Nc2ccccc2)nc(Nc2ccc(Cl)cc2)n1.NC1=NN(N)NC=C1. The summed E-state index contributed by atoms with van der Waals surface area (Å²) < 4.78 is 0. The molecule has 31 heavy (non-hydrogen) atoms. The van der Waals surface area contributed by atoms with Crippen LogP contribution in [0.5, 0.6) is 0 Å². The molecule has 0 unspecified atom stereocenters. The van der Waals surface area contributed by atoms with E-state index in [1.807, 2.05) is 60.9 Å². The molecule has 0 bridgehead atoms. The highest BCUT2D eigenvalue weighted by Gasteiger charge is 2.07. The number of benzene rings is 2. The van der Waals surface area contributed by atoms with Gasteiger partial charge in [0.15, 0.2) is 5.16 Å². The first kappa shape index (κ1) is 22.2. The van der Waals surface area contributed by atoms with Gasteiger partial charge >= 0.3 is 0 Å². The van der Waals surface area contributed by atoms with Gasteiger partial charge in [-0.25, -0.2) is 5.84 Å². The van der Waals surface area contributed by atoms with E-state index in [2.05, 4.69) is 36.1 Å². The fraction of sp³-hybridized carbons (Fsp3) is 0.0526. The molecule has 0 fully saturated rings. The zero-order valence-electron chi connectivity index (χ0n) is 16.5. The van der Waals surface area contributed by atoms with Crippen molar-refractivity contribution in [3.05, 3.63) is 71.9 Å². The highest BCUT2D eigenvalue weighted by Crippen LogP contribution is 2.21. The molecule has 10 nitrogen and oxygen atoms in total. The predicted molar refractivity (Wildman–Crippen MR) is 126 cm³/mol. The lowest BCUT2D eigenvalue weighted by Gasteiger charge is -2.14. The fourth-order valence-corrected chi connectivity index (χ4v) is 2.74. The number of halogens is 1. The lowest BCUT2D eigenvalue weighted by Crippen LogP contribution is -2.40. The van der Waals surface area contributed by atoms with E-state index in [1.54, 1.807) is 12.3 Å². The lowest BCUT2D eigenvalue weighted by atomic mass is 10.3. The molecule has 0 atom stereocenters. The zero-order chi connectivity index (χ0) is 22.1. The second-order valence-corrected chi connectivity index (χ2v) is 7.13. The van der Waals surface area contributed by atoms with E-state index in [1.165, 1.54) is 11.8 Å². The molecular weight excluding hydrogens is 436 g/mol. The van der Waals surface area contributed by atoms with Crippen LogP contribution < -0.4 is 27.6 Å². The van der Waals surface area contributed by atoms with Crippen molar-refractivity contribution < 1.29 is 0 Å². The molecule has 0 amide bonds. The average Bonchev–Trinajstić information content (AvgIpc) is 2.76. The van der Waals surface area contributed by atoms with Gasteiger partial charge in [0, 0.05) is 22.6 Å². The Labute approximate surface area is 188 Å². The zero-order valence-corrected chi connectivity index (χ0v) is 18.1. The number of hydrazone groups is 1. The van der Waals surface area contributed by atoms with Crippen molar-refractivity contribution in [1.29, 1.82) is 0 Å². The van der Waals surface area contributed by atoms with Crippen LogP contribution >= 0.6 is 23.4 Å². The van der Waals surface area contributed by atoms with Crippen LogP contribution in [-0.2, 0) is 0 Å². The van der Waals surface area contributed by atoms with Crippen LogP contribution in [-0.4, -0.2) is 32.3 Å². The summed E-state index contributed by atoms with van der Waals surface area (Å²) in [6.45, 7) is 0. The third-order valence-corrected chi connectivity index (χ3v) is 4.41. The molecule has 0 spiro atoms. The summed E-state index contributed by atoms with van der Waals surface area (Å²) in [6, 6.07) is 17.1. The first-order valence-electron chi connectivity index (χ1n) is 8.98. The molecule has 4 rings (SSSR count). The van der Waals surface area contributed by atoms with Crippen molar-refractivity contribution in [2.24, 2.45) is 16.7 Å². The summed E-state index contributed by atoms with van der Waals surface area (Å²) in [6.07, 6.45) is 5.14. The summed E-state index contributed by atoms with van der Waals surface area (Å²) in [4.78, 5) is 13.1. The molecule has 1 aliphatic rings. The van der Waals surface area contributed by atoms with Gasteiger partial charge < -0.3 is 16.4 Å². The van der Waals surface area contributed by atoms with Crippen LogP contribution in [0.15, 0.2) is 77.1 Å². The Morgan fingerprint density at radius 3 is 2.06 bits per heavy atom. The Hall–Kier alpha value is -3.54. The Morgan fingerprint density at radius 1 is 0.935 bits per heavy atom. The number of amidine groups is 1. The molecule has 1 aromatic heterocycles. The van der Waals surface area contributed by atoms with Gasteiger partial charge in [0.25, 0.3) is 0 Å². The number of nitrogens with two attached hydrogens (primary N) is 2. The standard InChI is InChI=1S/C16H14ClN5S.C3H7N5/c1-23-16-21-14(18-12-5-3-2-4-6-12)20-15(22-16)19-13-9-7-11(17)8-10-13;4-3-1-2-6-8(5)7-3/h2-10H,1H3,(H2,18,19,20,21,22);1-2,6H,5H2,(H2,4,7). The minimum atomic E-state index is 0.395. The van der Waals surface area contributed by atoms with Gasteiger partial charge in [-0.15, -0.1) is 10.3 Å². The summed E-state index contributed by atoms with van der Waals surface area (Å²) in [7, 11) is 0. The average molecular weight is 457 g/mol. The fourth-order valence-electron chi connectivity index (χ4n) is 2.26. The van der Waals surface area contributed by atoms with Crippen LogP contribution in [0.2, 0.25) is 5.02 Å². The molecule has 1 aliphatic heterocycles. The van der Waals surface area contributed by atoms with Crippen LogP contribution in [0.1, 0.15) is 0 Å². The molecule has 0 saturated heterocycles. The van der Waals surface area contributed by atoms with Crippen molar-refractivity contribution in [3.63, 3.8) is 0 Å². The van der Waals surface area contributed by atoms with E-state index in [0.29, 0.717) is 27.9 Å². The van der Waals surface area contributed by atoms with Crippen molar-refractivity contribution in [2.45, 2.75) is 5.16 Å². The Morgan fingerprint density at radius 2 is 1.55 bits per heavy atom. The maximum Gasteiger partial charge on any atom is 0.233 e. The molecule has 7 N–H and O–H groups in total. The Bertz CT molecular complexity index is 1040. The number of hydrazine groups is 2. The molecule has 2 heterocycles. The number of para-hydroxylation sites is 1. The van der Waals surface area contributed by atoms with Crippen molar-refractivity contribution in [1.82, 2.24) is 25.6 Å². The maximum absolute atomic E-state index is 5.90. The van der Waals surface area contributed by atoms with Crippen LogP contribution in [0, 0.1) is 0 Å². The number of thioether (sulfide) groups is 1. The number of hydrogen-bond donors (Lipinski definition) is 5. The topological polar surface area (TPSA) is 142 Å². The Balaban J connectivity index is 0.000000287. The molecular formula is C19H21ClN10S. The van der Waals surface area contributed by atoms with E-state index in [-0.39, 0.29) is 0 Å². The highest BCUT2D eigenvalue weighted by molar-refractivity contribution is 7.98. The molecule has 3 aromatic rings. The third kappa shape index (κ3) is 7.33. The van der Waals surface area contributed by atoms with E-state index in [0.717, 1.165) is 16.6 Å². The lowest BCUT2D eigenvalue weighted by molar-refractivity contribution is 0.236. The first-order valence-corrected chi connectivity index (χ1v) is 10.6. The molecule has 2 aromatic carbocycles.